The van der Waals surface area contributed by atoms with E-state index < -0.39 is 0 Å². The van der Waals surface area contributed by atoms with Crippen molar-refractivity contribution in [3.8, 4) is 0 Å². The lowest BCUT2D eigenvalue weighted by Gasteiger charge is -2.14. The van der Waals surface area contributed by atoms with Crippen LogP contribution in [-0.4, -0.2) is 0 Å². The smallest absolute Gasteiger partial charge is 0.00266 e. The molecule has 2 aliphatic rings. The van der Waals surface area contributed by atoms with Crippen LogP contribution in [0.1, 0.15) is 24.0 Å². The maximum absolute atomic E-state index is 2.46. The summed E-state index contributed by atoms with van der Waals surface area (Å²) >= 11 is 0. The second-order valence-electron chi connectivity index (χ2n) is 6.05. The molecule has 3 aromatic rings. The van der Waals surface area contributed by atoms with Crippen molar-refractivity contribution in [2.24, 2.45) is 0 Å². The van der Waals surface area contributed by atoms with Gasteiger partial charge in [-0.3, -0.25) is 0 Å². The Morgan fingerprint density at radius 1 is 0.810 bits per heavy atom. The summed E-state index contributed by atoms with van der Waals surface area (Å²) in [4.78, 5) is 0. The van der Waals surface area contributed by atoms with Crippen LogP contribution < -0.4 is 10.4 Å². The lowest BCUT2D eigenvalue weighted by atomic mass is 9.89. The molecule has 0 unspecified atom stereocenters. The molecule has 0 fully saturated rings. The Morgan fingerprint density at radius 3 is 2.57 bits per heavy atom. The third-order valence-electron chi connectivity index (χ3n) is 4.92. The minimum absolute atomic E-state index is 1.21. The summed E-state index contributed by atoms with van der Waals surface area (Å²) in [5, 5.41) is 8.61. The zero-order chi connectivity index (χ0) is 13.8. The maximum atomic E-state index is 2.46. The summed E-state index contributed by atoms with van der Waals surface area (Å²) < 4.78 is 0. The molecule has 0 saturated carbocycles. The monoisotopic (exact) mass is 268 g/mol. The van der Waals surface area contributed by atoms with E-state index in [0.717, 1.165) is 0 Å². The van der Waals surface area contributed by atoms with Crippen LogP contribution in [0.5, 0.6) is 0 Å². The molecule has 0 heteroatoms. The van der Waals surface area contributed by atoms with Gasteiger partial charge in [-0.25, -0.2) is 0 Å². The highest BCUT2D eigenvalue weighted by atomic mass is 14.2. The first-order valence-corrected chi connectivity index (χ1v) is 7.78. The van der Waals surface area contributed by atoms with E-state index in [1.54, 1.807) is 5.56 Å². The number of aryl methyl sites for hydroxylation is 1. The van der Waals surface area contributed by atoms with Gasteiger partial charge in [0.05, 0.1) is 0 Å². The highest BCUT2D eigenvalue weighted by molar-refractivity contribution is 5.94. The molecule has 100 valence electrons. The molecule has 0 radical (unpaired) electrons. The van der Waals surface area contributed by atoms with Gasteiger partial charge in [0.2, 0.25) is 0 Å². The number of benzene rings is 3. The number of hydrogen-bond donors (Lipinski definition) is 0. The van der Waals surface area contributed by atoms with Crippen molar-refractivity contribution in [2.45, 2.75) is 19.3 Å². The standard InChI is InChI=1S/C21H16/c1-2-8-15-14(7-1)13-20-18-11-4-3-9-16(18)17-10-5-6-12-19(17)21(15)20/h1-4,7-9,11-13H,5-6,10H2. The molecule has 2 aliphatic carbocycles. The van der Waals surface area contributed by atoms with E-state index in [4.69, 9.17) is 0 Å². The molecule has 0 saturated heterocycles. The quantitative estimate of drug-likeness (QED) is 0.458. The van der Waals surface area contributed by atoms with Crippen molar-refractivity contribution >= 4 is 22.9 Å². The molecule has 3 aromatic carbocycles. The van der Waals surface area contributed by atoms with Gasteiger partial charge in [0.25, 0.3) is 0 Å². The molecule has 0 spiro atoms. The van der Waals surface area contributed by atoms with Gasteiger partial charge < -0.3 is 0 Å². The molecule has 0 atom stereocenters. The van der Waals surface area contributed by atoms with Crippen LogP contribution in [0.15, 0.2) is 48.5 Å². The summed E-state index contributed by atoms with van der Waals surface area (Å²) in [5.74, 6) is 0. The van der Waals surface area contributed by atoms with Gasteiger partial charge in [-0.1, -0.05) is 54.6 Å². The molecule has 0 heterocycles. The first-order valence-electron chi connectivity index (χ1n) is 7.78. The summed E-state index contributed by atoms with van der Waals surface area (Å²) in [7, 11) is 0. The fourth-order valence-corrected chi connectivity index (χ4v) is 4.02. The Morgan fingerprint density at radius 2 is 1.62 bits per heavy atom. The normalized spacial score (nSPS) is 14.9. The molecule has 21 heavy (non-hydrogen) atoms. The third-order valence-corrected chi connectivity index (χ3v) is 4.92. The highest BCUT2D eigenvalue weighted by Gasteiger charge is 2.14. The van der Waals surface area contributed by atoms with Crippen molar-refractivity contribution in [3.63, 3.8) is 0 Å². The van der Waals surface area contributed by atoms with Gasteiger partial charge in [-0.2, -0.15) is 0 Å². The molecule has 0 N–H and O–H groups in total. The van der Waals surface area contributed by atoms with Crippen LogP contribution in [0.4, 0.5) is 0 Å². The number of fused-ring (bicyclic) bond motifs is 7. The van der Waals surface area contributed by atoms with E-state index in [0.29, 0.717) is 0 Å². The molecule has 0 bridgehead atoms. The second-order valence-corrected chi connectivity index (χ2v) is 6.05. The molecular formula is C21H16. The van der Waals surface area contributed by atoms with Gasteiger partial charge >= 0.3 is 0 Å². The predicted molar refractivity (Wildman–Crippen MR) is 88.3 cm³/mol. The average molecular weight is 268 g/mol. The summed E-state index contributed by atoms with van der Waals surface area (Å²) in [6.07, 6.45) is 8.53. The topological polar surface area (TPSA) is 0 Å². The minimum Gasteiger partial charge on any atom is -0.0763 e. The van der Waals surface area contributed by atoms with Crippen LogP contribution in [0.2, 0.25) is 0 Å². The van der Waals surface area contributed by atoms with Crippen molar-refractivity contribution in [1.29, 1.82) is 0 Å². The molecule has 0 nitrogen and oxygen atoms in total. The molecular weight excluding hydrogens is 252 g/mol. The van der Waals surface area contributed by atoms with E-state index in [1.807, 2.05) is 0 Å². The van der Waals surface area contributed by atoms with E-state index in [1.165, 1.54) is 56.5 Å². The van der Waals surface area contributed by atoms with Crippen LogP contribution in [0.3, 0.4) is 0 Å². The second kappa shape index (κ2) is 4.08. The predicted octanol–water partition coefficient (Wildman–Crippen LogP) is 3.39. The van der Waals surface area contributed by atoms with Crippen LogP contribution in [0.25, 0.3) is 22.9 Å². The number of rotatable bonds is 0. The summed E-state index contributed by atoms with van der Waals surface area (Å²) in [5.41, 5.74) is 2.98. The minimum atomic E-state index is 1.21. The Bertz CT molecular complexity index is 1100. The summed E-state index contributed by atoms with van der Waals surface area (Å²) in [6.45, 7) is 0. The molecule has 5 rings (SSSR count). The van der Waals surface area contributed by atoms with Gasteiger partial charge in [-0.15, -0.1) is 0 Å². The van der Waals surface area contributed by atoms with Crippen LogP contribution in [-0.2, 0) is 6.42 Å². The van der Waals surface area contributed by atoms with Crippen molar-refractivity contribution in [3.05, 3.63) is 80.5 Å². The first kappa shape index (κ1) is 11.3. The molecule has 0 aromatic heterocycles. The van der Waals surface area contributed by atoms with E-state index in [-0.39, 0.29) is 0 Å². The van der Waals surface area contributed by atoms with Gasteiger partial charge in [0, 0.05) is 0 Å². The third kappa shape index (κ3) is 1.45. The SMILES string of the molecule is C1=c2ccccc2=c2c1c1ccccc1c1c2=CCCC1. The van der Waals surface area contributed by atoms with Gasteiger partial charge in [0.1, 0.15) is 0 Å². The fourth-order valence-electron chi connectivity index (χ4n) is 4.02. The highest BCUT2D eigenvalue weighted by Crippen LogP contribution is 2.26. The fraction of sp³-hybridized carbons (Fsp3) is 0.143. The lowest BCUT2D eigenvalue weighted by Crippen LogP contribution is -2.17. The average Bonchev–Trinajstić information content (AvgIpc) is 2.95. The largest absolute Gasteiger partial charge is 0.0763 e. The van der Waals surface area contributed by atoms with Crippen molar-refractivity contribution in [1.82, 2.24) is 0 Å². The zero-order valence-corrected chi connectivity index (χ0v) is 11.9. The van der Waals surface area contributed by atoms with E-state index >= 15 is 0 Å². The van der Waals surface area contributed by atoms with E-state index in [2.05, 4.69) is 60.7 Å². The Balaban J connectivity index is 2.21. The van der Waals surface area contributed by atoms with Gasteiger partial charge in [0.15, 0.2) is 0 Å². The van der Waals surface area contributed by atoms with Gasteiger partial charge in [-0.05, 0) is 68.1 Å². The Hall–Kier alpha value is -2.34. The summed E-state index contributed by atoms with van der Waals surface area (Å²) in [6, 6.07) is 17.7. The maximum Gasteiger partial charge on any atom is -0.00266 e. The Kier molecular flexibility index (Phi) is 2.20. The van der Waals surface area contributed by atoms with Crippen LogP contribution >= 0.6 is 0 Å². The lowest BCUT2D eigenvalue weighted by molar-refractivity contribution is 0.841. The van der Waals surface area contributed by atoms with Crippen LogP contribution in [0, 0.1) is 10.4 Å². The molecule has 0 aliphatic heterocycles. The van der Waals surface area contributed by atoms with Crippen molar-refractivity contribution < 1.29 is 0 Å². The Labute approximate surface area is 123 Å². The number of hydrogen-bond acceptors (Lipinski definition) is 0. The van der Waals surface area contributed by atoms with E-state index in [9.17, 15) is 0 Å². The zero-order valence-electron chi connectivity index (χ0n) is 11.9. The van der Waals surface area contributed by atoms with Crippen molar-refractivity contribution in [2.75, 3.05) is 0 Å². The molecule has 0 amide bonds. The first-order chi connectivity index (χ1) is 10.4.